The fourth-order valence-electron chi connectivity index (χ4n) is 3.37. The van der Waals surface area contributed by atoms with Crippen molar-refractivity contribution in [2.75, 3.05) is 19.6 Å². The number of hydrogen-bond donors (Lipinski definition) is 0. The zero-order valence-electron chi connectivity index (χ0n) is 15.8. The van der Waals surface area contributed by atoms with E-state index in [-0.39, 0.29) is 11.8 Å². The lowest BCUT2D eigenvalue weighted by atomic mass is 10.0. The molecule has 1 saturated heterocycles. The lowest BCUT2D eigenvalue weighted by Crippen LogP contribution is -2.58. The maximum atomic E-state index is 12.9. The number of piperazine rings is 1. The second-order valence-electron chi connectivity index (χ2n) is 7.33. The van der Waals surface area contributed by atoms with Crippen LogP contribution >= 0.6 is 0 Å². The number of carbonyl (C=O) groups excluding carboxylic acids is 2. The van der Waals surface area contributed by atoms with Gasteiger partial charge in [0, 0.05) is 44.0 Å². The smallest absolute Gasteiger partial charge is 0.254 e. The highest BCUT2D eigenvalue weighted by Crippen LogP contribution is 2.21. The summed E-state index contributed by atoms with van der Waals surface area (Å²) in [6.45, 7) is 7.92. The summed E-state index contributed by atoms with van der Waals surface area (Å²) in [6, 6.07) is 7.07. The van der Waals surface area contributed by atoms with Gasteiger partial charge in [0.15, 0.2) is 0 Å². The van der Waals surface area contributed by atoms with Gasteiger partial charge in [-0.2, -0.15) is 5.10 Å². The van der Waals surface area contributed by atoms with Gasteiger partial charge >= 0.3 is 0 Å². The Morgan fingerprint density at radius 3 is 2.46 bits per heavy atom. The van der Waals surface area contributed by atoms with E-state index in [4.69, 9.17) is 0 Å². The molecule has 0 radical (unpaired) electrons. The van der Waals surface area contributed by atoms with Crippen LogP contribution in [-0.2, 0) is 11.8 Å². The molecular weight excluding hydrogens is 328 g/mol. The van der Waals surface area contributed by atoms with Crippen LogP contribution in [0.15, 0.2) is 36.7 Å². The molecule has 0 bridgehead atoms. The third-order valence-corrected chi connectivity index (χ3v) is 4.76. The summed E-state index contributed by atoms with van der Waals surface area (Å²) in [4.78, 5) is 29.0. The summed E-state index contributed by atoms with van der Waals surface area (Å²) in [6.07, 6.45) is 3.73. The largest absolute Gasteiger partial charge is 0.339 e. The van der Waals surface area contributed by atoms with Crippen LogP contribution in [0.25, 0.3) is 11.1 Å². The van der Waals surface area contributed by atoms with Crippen molar-refractivity contribution >= 4 is 11.8 Å². The van der Waals surface area contributed by atoms with Gasteiger partial charge < -0.3 is 9.80 Å². The first-order valence-corrected chi connectivity index (χ1v) is 9.05. The monoisotopic (exact) mass is 354 g/mol. The Kier molecular flexibility index (Phi) is 5.11. The van der Waals surface area contributed by atoms with E-state index < -0.39 is 6.04 Å². The fourth-order valence-corrected chi connectivity index (χ4v) is 3.37. The van der Waals surface area contributed by atoms with Crippen molar-refractivity contribution in [3.63, 3.8) is 0 Å². The zero-order chi connectivity index (χ0) is 18.8. The van der Waals surface area contributed by atoms with Crippen LogP contribution in [0.3, 0.4) is 0 Å². The number of aryl methyl sites for hydroxylation is 1. The minimum absolute atomic E-state index is 0.0327. The third kappa shape index (κ3) is 3.64. The van der Waals surface area contributed by atoms with Crippen LogP contribution in [-0.4, -0.2) is 57.1 Å². The van der Waals surface area contributed by atoms with E-state index in [2.05, 4.69) is 18.9 Å². The Bertz CT molecular complexity index is 794. The maximum Gasteiger partial charge on any atom is 0.254 e. The van der Waals surface area contributed by atoms with Gasteiger partial charge in [-0.05, 0) is 30.5 Å². The number of nitrogens with zero attached hydrogens (tertiary/aromatic N) is 4. The molecule has 2 heterocycles. The minimum Gasteiger partial charge on any atom is -0.339 e. The molecule has 1 aromatic carbocycles. The minimum atomic E-state index is -0.423. The lowest BCUT2D eigenvalue weighted by molar-refractivity contribution is -0.140. The summed E-state index contributed by atoms with van der Waals surface area (Å²) < 4.78 is 1.75. The molecule has 3 rings (SSSR count). The quantitative estimate of drug-likeness (QED) is 0.847. The van der Waals surface area contributed by atoms with Crippen LogP contribution in [0.1, 0.15) is 31.1 Å². The molecule has 1 aromatic heterocycles. The molecule has 6 heteroatoms. The van der Waals surface area contributed by atoms with Crippen LogP contribution in [0.5, 0.6) is 0 Å². The highest BCUT2D eigenvalue weighted by atomic mass is 16.2. The van der Waals surface area contributed by atoms with Crippen molar-refractivity contribution in [1.82, 2.24) is 19.6 Å². The van der Waals surface area contributed by atoms with Gasteiger partial charge in [0.25, 0.3) is 5.91 Å². The molecule has 1 fully saturated rings. The highest BCUT2D eigenvalue weighted by molar-refractivity contribution is 5.98. The second kappa shape index (κ2) is 7.32. The average Bonchev–Trinajstić information content (AvgIpc) is 3.05. The Morgan fingerprint density at radius 1 is 1.19 bits per heavy atom. The number of aromatic nitrogens is 2. The molecule has 0 aliphatic carbocycles. The molecule has 2 aromatic rings. The third-order valence-electron chi connectivity index (χ3n) is 4.76. The van der Waals surface area contributed by atoms with Gasteiger partial charge in [-0.1, -0.05) is 26.0 Å². The molecule has 0 N–H and O–H groups in total. The van der Waals surface area contributed by atoms with Gasteiger partial charge in [-0.25, -0.2) is 0 Å². The average molecular weight is 354 g/mol. The predicted molar refractivity (Wildman–Crippen MR) is 101 cm³/mol. The number of carbonyl (C=O) groups is 2. The first kappa shape index (κ1) is 18.2. The van der Waals surface area contributed by atoms with Gasteiger partial charge in [0.1, 0.15) is 6.04 Å². The Labute approximate surface area is 154 Å². The van der Waals surface area contributed by atoms with E-state index in [1.54, 1.807) is 15.8 Å². The molecule has 0 unspecified atom stereocenters. The second-order valence-corrected chi connectivity index (χ2v) is 7.33. The molecule has 2 amide bonds. The Balaban J connectivity index is 1.72. The Morgan fingerprint density at radius 2 is 1.88 bits per heavy atom. The van der Waals surface area contributed by atoms with Crippen molar-refractivity contribution in [3.8, 4) is 11.1 Å². The number of amides is 2. The Hall–Kier alpha value is -2.63. The molecule has 6 nitrogen and oxygen atoms in total. The van der Waals surface area contributed by atoms with Crippen LogP contribution in [0.4, 0.5) is 0 Å². The van der Waals surface area contributed by atoms with Crippen LogP contribution in [0, 0.1) is 5.92 Å². The first-order valence-electron chi connectivity index (χ1n) is 9.05. The van der Waals surface area contributed by atoms with E-state index in [0.29, 0.717) is 24.6 Å². The normalized spacial score (nSPS) is 17.9. The maximum absolute atomic E-state index is 12.9. The molecule has 26 heavy (non-hydrogen) atoms. The molecule has 1 aliphatic heterocycles. The van der Waals surface area contributed by atoms with Gasteiger partial charge in [-0.3, -0.25) is 14.3 Å². The van der Waals surface area contributed by atoms with Crippen molar-refractivity contribution in [2.45, 2.75) is 26.8 Å². The van der Waals surface area contributed by atoms with Gasteiger partial charge in [-0.15, -0.1) is 0 Å². The van der Waals surface area contributed by atoms with Crippen molar-refractivity contribution in [2.24, 2.45) is 13.0 Å². The van der Waals surface area contributed by atoms with Crippen molar-refractivity contribution in [3.05, 3.63) is 42.2 Å². The van der Waals surface area contributed by atoms with Crippen LogP contribution in [0.2, 0.25) is 0 Å². The topological polar surface area (TPSA) is 58.4 Å². The summed E-state index contributed by atoms with van der Waals surface area (Å²) in [7, 11) is 1.87. The summed E-state index contributed by atoms with van der Waals surface area (Å²) in [5, 5.41) is 4.17. The summed E-state index contributed by atoms with van der Waals surface area (Å²) in [5.74, 6) is 0.367. The van der Waals surface area contributed by atoms with Crippen molar-refractivity contribution in [1.29, 1.82) is 0 Å². The van der Waals surface area contributed by atoms with Gasteiger partial charge in [0.05, 0.1) is 6.20 Å². The molecule has 1 aliphatic rings. The molecule has 138 valence electrons. The van der Waals surface area contributed by atoms with Crippen molar-refractivity contribution < 1.29 is 9.59 Å². The highest BCUT2D eigenvalue weighted by Gasteiger charge is 2.34. The van der Waals surface area contributed by atoms with E-state index in [0.717, 1.165) is 17.7 Å². The fraction of sp³-hybridized carbons (Fsp3) is 0.450. The number of rotatable bonds is 4. The van der Waals surface area contributed by atoms with E-state index in [1.165, 1.54) is 0 Å². The zero-order valence-corrected chi connectivity index (χ0v) is 15.8. The predicted octanol–water partition coefficient (Wildman–Crippen LogP) is 2.42. The summed E-state index contributed by atoms with van der Waals surface area (Å²) in [5.41, 5.74) is 2.63. The number of hydrogen-bond acceptors (Lipinski definition) is 3. The molecule has 0 saturated carbocycles. The summed E-state index contributed by atoms with van der Waals surface area (Å²) >= 11 is 0. The molecule has 1 atom stereocenters. The molecule has 0 spiro atoms. The first-order chi connectivity index (χ1) is 12.4. The molecular formula is C20H26N4O2. The SMILES string of the molecule is CC(C)CN1CCN(C(=O)c2ccc(-c3cnn(C)c3)cc2)[C@@H](C)C1=O. The van der Waals surface area contributed by atoms with E-state index >= 15 is 0 Å². The number of benzene rings is 1. The van der Waals surface area contributed by atoms with E-state index in [9.17, 15) is 9.59 Å². The van der Waals surface area contributed by atoms with Crippen LogP contribution < -0.4 is 0 Å². The van der Waals surface area contributed by atoms with Gasteiger partial charge in [0.2, 0.25) is 5.91 Å². The lowest BCUT2D eigenvalue weighted by Gasteiger charge is -2.39. The van der Waals surface area contributed by atoms with E-state index in [1.807, 2.05) is 49.3 Å². The standard InChI is InChI=1S/C20H26N4O2/c1-14(2)12-23-9-10-24(15(3)19(23)25)20(26)17-7-5-16(6-8-17)18-11-21-22(4)13-18/h5-8,11,13-15H,9-10,12H2,1-4H3/t15-/m0/s1.